The predicted molar refractivity (Wildman–Crippen MR) is 118 cm³/mol. The number of hydrogen-bond acceptors (Lipinski definition) is 3. The molecule has 0 aliphatic heterocycles. The molecule has 0 radical (unpaired) electrons. The van der Waals surface area contributed by atoms with Crippen molar-refractivity contribution in [1.29, 1.82) is 0 Å². The van der Waals surface area contributed by atoms with Gasteiger partial charge >= 0.3 is 0 Å². The Morgan fingerprint density at radius 2 is 1.63 bits per heavy atom. The summed E-state index contributed by atoms with van der Waals surface area (Å²) in [4.78, 5) is 24.9. The number of imidazole rings is 1. The highest BCUT2D eigenvalue weighted by Gasteiger charge is 2.10. The first-order valence-electron chi connectivity index (χ1n) is 9.88. The second-order valence-corrected chi connectivity index (χ2v) is 7.24. The van der Waals surface area contributed by atoms with E-state index in [1.807, 2.05) is 72.9 Å². The van der Waals surface area contributed by atoms with Crippen molar-refractivity contribution >= 4 is 10.9 Å². The molecule has 0 aliphatic rings. The molecule has 0 saturated carbocycles. The maximum absolute atomic E-state index is 12.8. The fourth-order valence-electron chi connectivity index (χ4n) is 3.66. The molecule has 0 fully saturated rings. The molecular formula is C25H20N4O. The van der Waals surface area contributed by atoms with Gasteiger partial charge in [-0.1, -0.05) is 66.7 Å². The highest BCUT2D eigenvalue weighted by Crippen LogP contribution is 2.22. The number of rotatable bonds is 5. The van der Waals surface area contributed by atoms with Crippen molar-refractivity contribution < 1.29 is 0 Å². The third-order valence-corrected chi connectivity index (χ3v) is 5.18. The third-order valence-electron chi connectivity index (χ3n) is 5.18. The predicted octanol–water partition coefficient (Wildman–Crippen LogP) is 4.43. The first kappa shape index (κ1) is 18.1. The summed E-state index contributed by atoms with van der Waals surface area (Å²) in [5.74, 6) is 1.47. The molecule has 5 rings (SSSR count). The van der Waals surface area contributed by atoms with Gasteiger partial charge in [-0.2, -0.15) is 0 Å². The molecule has 0 amide bonds. The van der Waals surface area contributed by atoms with Crippen LogP contribution in [0.4, 0.5) is 0 Å². The zero-order valence-electron chi connectivity index (χ0n) is 16.3. The summed E-state index contributed by atoms with van der Waals surface area (Å²) in [6.45, 7) is 0.731. The second-order valence-electron chi connectivity index (χ2n) is 7.24. The number of nitrogens with one attached hydrogen (secondary N) is 1. The van der Waals surface area contributed by atoms with E-state index in [1.165, 1.54) is 5.56 Å². The van der Waals surface area contributed by atoms with E-state index in [9.17, 15) is 4.79 Å². The van der Waals surface area contributed by atoms with Gasteiger partial charge < -0.3 is 9.55 Å². The van der Waals surface area contributed by atoms with Crippen molar-refractivity contribution in [2.24, 2.45) is 0 Å². The van der Waals surface area contributed by atoms with E-state index >= 15 is 0 Å². The summed E-state index contributed by atoms with van der Waals surface area (Å²) in [6, 6.07) is 26.1. The molecule has 2 heterocycles. The molecule has 5 heteroatoms. The summed E-state index contributed by atoms with van der Waals surface area (Å²) >= 11 is 0. The van der Waals surface area contributed by atoms with Crippen LogP contribution in [0.15, 0.2) is 96.1 Å². The molecule has 0 spiro atoms. The van der Waals surface area contributed by atoms with Crippen LogP contribution in [0.25, 0.3) is 22.0 Å². The molecule has 5 nitrogen and oxygen atoms in total. The van der Waals surface area contributed by atoms with Gasteiger partial charge in [-0.25, -0.2) is 9.97 Å². The van der Waals surface area contributed by atoms with Gasteiger partial charge in [-0.05, 0) is 28.8 Å². The van der Waals surface area contributed by atoms with E-state index < -0.39 is 0 Å². The Morgan fingerprint density at radius 1 is 0.867 bits per heavy atom. The summed E-state index contributed by atoms with van der Waals surface area (Å²) in [6.07, 6.45) is 4.20. The first-order valence-corrected chi connectivity index (χ1v) is 9.88. The Bertz CT molecular complexity index is 1350. The quantitative estimate of drug-likeness (QED) is 0.481. The number of aromatic nitrogens is 4. The lowest BCUT2D eigenvalue weighted by atomic mass is 10.0. The zero-order valence-corrected chi connectivity index (χ0v) is 16.3. The van der Waals surface area contributed by atoms with Gasteiger partial charge in [0.15, 0.2) is 0 Å². The molecule has 2 aromatic heterocycles. The van der Waals surface area contributed by atoms with Crippen LogP contribution in [0.5, 0.6) is 0 Å². The monoisotopic (exact) mass is 392 g/mol. The van der Waals surface area contributed by atoms with E-state index in [0.29, 0.717) is 23.1 Å². The van der Waals surface area contributed by atoms with E-state index in [4.69, 9.17) is 0 Å². The van der Waals surface area contributed by atoms with E-state index in [2.05, 4.69) is 31.7 Å². The fraction of sp³-hybridized carbons (Fsp3) is 0.0800. The Balaban J connectivity index is 1.45. The van der Waals surface area contributed by atoms with Crippen LogP contribution in [0.1, 0.15) is 17.2 Å². The van der Waals surface area contributed by atoms with Crippen molar-refractivity contribution in [3.63, 3.8) is 0 Å². The van der Waals surface area contributed by atoms with E-state index in [1.54, 1.807) is 6.20 Å². The minimum Gasteiger partial charge on any atom is -0.330 e. The lowest BCUT2D eigenvalue weighted by Gasteiger charge is -2.09. The van der Waals surface area contributed by atoms with Crippen LogP contribution in [0, 0.1) is 0 Å². The Hall–Kier alpha value is -3.99. The van der Waals surface area contributed by atoms with Crippen LogP contribution in [0.2, 0.25) is 0 Å². The molecule has 1 N–H and O–H groups in total. The lowest BCUT2D eigenvalue weighted by molar-refractivity contribution is 0.728. The van der Waals surface area contributed by atoms with Gasteiger partial charge in [0.1, 0.15) is 11.6 Å². The van der Waals surface area contributed by atoms with E-state index in [-0.39, 0.29) is 5.56 Å². The van der Waals surface area contributed by atoms with Crippen molar-refractivity contribution in [2.45, 2.75) is 13.0 Å². The number of nitrogens with zero attached hydrogens (tertiary/aromatic N) is 3. The van der Waals surface area contributed by atoms with Crippen LogP contribution in [-0.2, 0) is 13.0 Å². The van der Waals surface area contributed by atoms with Crippen molar-refractivity contribution in [2.75, 3.05) is 0 Å². The summed E-state index contributed by atoms with van der Waals surface area (Å²) in [5, 5.41) is 0.590. The van der Waals surface area contributed by atoms with Gasteiger partial charge in [0.2, 0.25) is 0 Å². The van der Waals surface area contributed by atoms with Gasteiger partial charge in [0.05, 0.1) is 17.3 Å². The van der Waals surface area contributed by atoms with E-state index in [0.717, 1.165) is 23.5 Å². The number of fused-ring (bicyclic) bond motifs is 1. The van der Waals surface area contributed by atoms with Gasteiger partial charge in [-0.15, -0.1) is 0 Å². The van der Waals surface area contributed by atoms with Crippen LogP contribution >= 0.6 is 0 Å². The molecule has 0 saturated heterocycles. The number of H-pyrrole nitrogens is 1. The topological polar surface area (TPSA) is 63.6 Å². The Labute approximate surface area is 173 Å². The molecule has 3 aromatic carbocycles. The highest BCUT2D eigenvalue weighted by molar-refractivity contribution is 5.83. The minimum atomic E-state index is -0.131. The maximum atomic E-state index is 12.8. The molecule has 5 aromatic rings. The number of hydrogen-bond donors (Lipinski definition) is 1. The zero-order chi connectivity index (χ0) is 20.3. The number of aromatic amines is 1. The van der Waals surface area contributed by atoms with Crippen LogP contribution in [-0.4, -0.2) is 19.5 Å². The Kier molecular flexibility index (Phi) is 4.69. The van der Waals surface area contributed by atoms with Gasteiger partial charge in [0.25, 0.3) is 5.56 Å². The largest absolute Gasteiger partial charge is 0.330 e. The molecule has 0 atom stereocenters. The lowest BCUT2D eigenvalue weighted by Crippen LogP contribution is -2.14. The minimum absolute atomic E-state index is 0.131. The smallest absolute Gasteiger partial charge is 0.258 e. The maximum Gasteiger partial charge on any atom is 0.258 e. The SMILES string of the molecule is O=c1[nH]c(Cc2nccn2Cc2ccccc2)nc2ccc(-c3ccccc3)cc12. The molecular weight excluding hydrogens is 372 g/mol. The third kappa shape index (κ3) is 3.65. The Morgan fingerprint density at radius 3 is 2.43 bits per heavy atom. The molecule has 30 heavy (non-hydrogen) atoms. The van der Waals surface area contributed by atoms with Crippen molar-refractivity contribution in [3.05, 3.63) is 119 Å². The second kappa shape index (κ2) is 7.79. The average Bonchev–Trinajstić information content (AvgIpc) is 3.21. The highest BCUT2D eigenvalue weighted by atomic mass is 16.1. The molecule has 0 bridgehead atoms. The van der Waals surface area contributed by atoms with Gasteiger partial charge in [-0.3, -0.25) is 4.79 Å². The van der Waals surface area contributed by atoms with Crippen LogP contribution < -0.4 is 5.56 Å². The molecule has 0 aliphatic carbocycles. The summed E-state index contributed by atoms with van der Waals surface area (Å²) in [5.41, 5.74) is 3.83. The first-order chi connectivity index (χ1) is 14.8. The normalized spacial score (nSPS) is 11.1. The summed E-state index contributed by atoms with van der Waals surface area (Å²) in [7, 11) is 0. The molecule has 0 unspecified atom stereocenters. The van der Waals surface area contributed by atoms with Gasteiger partial charge in [0, 0.05) is 18.9 Å². The van der Waals surface area contributed by atoms with Crippen molar-refractivity contribution in [1.82, 2.24) is 19.5 Å². The molecule has 146 valence electrons. The fourth-order valence-corrected chi connectivity index (χ4v) is 3.66. The summed E-state index contributed by atoms with van der Waals surface area (Å²) < 4.78 is 2.08. The standard InChI is InChI=1S/C25H20N4O/c30-25-21-15-20(19-9-5-2-6-10-19)11-12-22(21)27-23(28-25)16-24-26-13-14-29(24)17-18-7-3-1-4-8-18/h1-15H,16-17H2,(H,27,28,30). The number of benzene rings is 3. The average molecular weight is 392 g/mol. The van der Waals surface area contributed by atoms with Crippen LogP contribution in [0.3, 0.4) is 0 Å². The van der Waals surface area contributed by atoms with Crippen molar-refractivity contribution in [3.8, 4) is 11.1 Å².